The van der Waals surface area contributed by atoms with E-state index in [9.17, 15) is 14.9 Å². The van der Waals surface area contributed by atoms with Gasteiger partial charge in [-0.05, 0) is 5.92 Å². The quantitative estimate of drug-likeness (QED) is 0.656. The number of aromatic nitrogens is 2. The topological polar surface area (TPSA) is 115 Å². The Balaban J connectivity index is 2.57. The summed E-state index contributed by atoms with van der Waals surface area (Å²) < 4.78 is 0. The standard InChI is InChI=1S/C13H14N4O3/c1-7(2)10-11(14)15-12(16-13(10)18)8-4-3-5-9(6-8)17(19)20/h3-7H,1-2H3,(H3,14,15,16,18). The predicted octanol–water partition coefficient (Wildman–Crippen LogP) is 2.05. The van der Waals surface area contributed by atoms with Gasteiger partial charge < -0.3 is 10.7 Å². The smallest absolute Gasteiger partial charge is 0.270 e. The number of benzene rings is 1. The molecule has 0 amide bonds. The van der Waals surface area contributed by atoms with Crippen LogP contribution in [0, 0.1) is 10.1 Å². The molecule has 0 spiro atoms. The third kappa shape index (κ3) is 2.51. The van der Waals surface area contributed by atoms with Gasteiger partial charge in [0.25, 0.3) is 11.2 Å². The highest BCUT2D eigenvalue weighted by molar-refractivity contribution is 5.61. The molecule has 3 N–H and O–H groups in total. The number of nitrogen functional groups attached to an aromatic ring is 1. The highest BCUT2D eigenvalue weighted by Crippen LogP contribution is 2.22. The van der Waals surface area contributed by atoms with Crippen LogP contribution in [0.15, 0.2) is 29.1 Å². The van der Waals surface area contributed by atoms with Crippen molar-refractivity contribution in [3.63, 3.8) is 0 Å². The molecule has 1 heterocycles. The van der Waals surface area contributed by atoms with Gasteiger partial charge in [0.05, 0.1) is 10.5 Å². The SMILES string of the molecule is CC(C)c1c(N)nc(-c2cccc([N+](=O)[O-])c2)[nH]c1=O. The predicted molar refractivity (Wildman–Crippen MR) is 75.4 cm³/mol. The van der Waals surface area contributed by atoms with Crippen molar-refractivity contribution in [1.82, 2.24) is 9.97 Å². The number of nitro benzene ring substituents is 1. The summed E-state index contributed by atoms with van der Waals surface area (Å²) in [6.07, 6.45) is 0. The van der Waals surface area contributed by atoms with E-state index in [1.165, 1.54) is 18.2 Å². The minimum Gasteiger partial charge on any atom is -0.383 e. The third-order valence-electron chi connectivity index (χ3n) is 2.89. The number of H-pyrrole nitrogens is 1. The number of non-ortho nitro benzene ring substituents is 1. The van der Waals surface area contributed by atoms with E-state index in [4.69, 9.17) is 5.73 Å². The van der Waals surface area contributed by atoms with Gasteiger partial charge in [-0.3, -0.25) is 14.9 Å². The molecule has 2 rings (SSSR count). The van der Waals surface area contributed by atoms with Crippen molar-refractivity contribution in [2.45, 2.75) is 19.8 Å². The molecule has 0 radical (unpaired) electrons. The van der Waals surface area contributed by atoms with Crippen molar-refractivity contribution in [2.75, 3.05) is 5.73 Å². The van der Waals surface area contributed by atoms with E-state index in [1.54, 1.807) is 6.07 Å². The summed E-state index contributed by atoms with van der Waals surface area (Å²) in [7, 11) is 0. The van der Waals surface area contributed by atoms with Crippen molar-refractivity contribution >= 4 is 11.5 Å². The molecule has 0 aliphatic heterocycles. The summed E-state index contributed by atoms with van der Waals surface area (Å²) in [5, 5.41) is 10.8. The number of hydrogen-bond donors (Lipinski definition) is 2. The maximum atomic E-state index is 12.0. The van der Waals surface area contributed by atoms with Gasteiger partial charge >= 0.3 is 0 Å². The first-order chi connectivity index (χ1) is 9.40. The minimum absolute atomic E-state index is 0.0505. The molecule has 2 aromatic rings. The summed E-state index contributed by atoms with van der Waals surface area (Å²) in [6, 6.07) is 5.86. The van der Waals surface area contributed by atoms with Crippen LogP contribution in [-0.2, 0) is 0 Å². The Bertz CT molecular complexity index is 722. The second kappa shape index (κ2) is 5.12. The molecule has 0 fully saturated rings. The largest absolute Gasteiger partial charge is 0.383 e. The lowest BCUT2D eigenvalue weighted by atomic mass is 10.1. The van der Waals surface area contributed by atoms with Gasteiger partial charge in [-0.2, -0.15) is 0 Å². The normalized spacial score (nSPS) is 10.8. The summed E-state index contributed by atoms with van der Waals surface area (Å²) in [4.78, 5) is 29.0. The first kappa shape index (κ1) is 13.7. The lowest BCUT2D eigenvalue weighted by Gasteiger charge is -2.09. The molecule has 20 heavy (non-hydrogen) atoms. The van der Waals surface area contributed by atoms with Crippen LogP contribution in [-0.4, -0.2) is 14.9 Å². The van der Waals surface area contributed by atoms with Crippen molar-refractivity contribution in [3.8, 4) is 11.4 Å². The van der Waals surface area contributed by atoms with Gasteiger partial charge in [-0.15, -0.1) is 0 Å². The zero-order chi connectivity index (χ0) is 14.9. The molecule has 1 aromatic carbocycles. The van der Waals surface area contributed by atoms with Crippen molar-refractivity contribution in [3.05, 3.63) is 50.3 Å². The maximum absolute atomic E-state index is 12.0. The molecule has 104 valence electrons. The van der Waals surface area contributed by atoms with Crippen LogP contribution in [0.3, 0.4) is 0 Å². The highest BCUT2D eigenvalue weighted by atomic mass is 16.6. The zero-order valence-electron chi connectivity index (χ0n) is 11.1. The van der Waals surface area contributed by atoms with E-state index in [1.807, 2.05) is 13.8 Å². The Morgan fingerprint density at radius 1 is 1.40 bits per heavy atom. The highest BCUT2D eigenvalue weighted by Gasteiger charge is 2.14. The van der Waals surface area contributed by atoms with Crippen LogP contribution in [0.25, 0.3) is 11.4 Å². The maximum Gasteiger partial charge on any atom is 0.270 e. The first-order valence-electron chi connectivity index (χ1n) is 6.04. The summed E-state index contributed by atoms with van der Waals surface area (Å²) in [5.41, 5.74) is 6.25. The van der Waals surface area contributed by atoms with Crippen molar-refractivity contribution in [2.24, 2.45) is 0 Å². The van der Waals surface area contributed by atoms with Crippen LogP contribution in [0.2, 0.25) is 0 Å². The Hall–Kier alpha value is -2.70. The number of hydrogen-bond acceptors (Lipinski definition) is 5. The number of nitro groups is 1. The van der Waals surface area contributed by atoms with Gasteiger partial charge in [0.2, 0.25) is 0 Å². The molecule has 7 heteroatoms. The summed E-state index contributed by atoms with van der Waals surface area (Å²) in [6.45, 7) is 3.69. The number of aromatic amines is 1. The molecule has 1 aromatic heterocycles. The van der Waals surface area contributed by atoms with E-state index in [0.717, 1.165) is 0 Å². The van der Waals surface area contributed by atoms with E-state index in [-0.39, 0.29) is 28.8 Å². The fourth-order valence-electron chi connectivity index (χ4n) is 1.96. The fraction of sp³-hybridized carbons (Fsp3) is 0.231. The van der Waals surface area contributed by atoms with Gasteiger partial charge in [-0.25, -0.2) is 4.98 Å². The average molecular weight is 274 g/mol. The molecule has 0 saturated heterocycles. The first-order valence-corrected chi connectivity index (χ1v) is 6.04. The summed E-state index contributed by atoms with van der Waals surface area (Å²) in [5.74, 6) is 0.316. The van der Waals surface area contributed by atoms with Gasteiger partial charge in [0.15, 0.2) is 0 Å². The van der Waals surface area contributed by atoms with E-state index in [2.05, 4.69) is 9.97 Å². The van der Waals surface area contributed by atoms with Crippen LogP contribution in [0.5, 0.6) is 0 Å². The van der Waals surface area contributed by atoms with Crippen LogP contribution in [0.4, 0.5) is 11.5 Å². The molecule has 0 bridgehead atoms. The number of anilines is 1. The number of nitrogens with zero attached hydrogens (tertiary/aromatic N) is 2. The van der Waals surface area contributed by atoms with Crippen LogP contribution >= 0.6 is 0 Å². The molecular weight excluding hydrogens is 260 g/mol. The molecule has 7 nitrogen and oxygen atoms in total. The number of rotatable bonds is 3. The summed E-state index contributed by atoms with van der Waals surface area (Å²) >= 11 is 0. The van der Waals surface area contributed by atoms with Crippen LogP contribution < -0.4 is 11.3 Å². The Labute approximate surface area is 114 Å². The second-order valence-electron chi connectivity index (χ2n) is 4.68. The van der Waals surface area contributed by atoms with Crippen molar-refractivity contribution < 1.29 is 4.92 Å². The number of nitrogens with two attached hydrogens (primary N) is 1. The van der Waals surface area contributed by atoms with Crippen molar-refractivity contribution in [1.29, 1.82) is 0 Å². The van der Waals surface area contributed by atoms with Gasteiger partial charge in [0.1, 0.15) is 11.6 Å². The molecular formula is C13H14N4O3. The monoisotopic (exact) mass is 274 g/mol. The van der Waals surface area contributed by atoms with Gasteiger partial charge in [-0.1, -0.05) is 26.0 Å². The Morgan fingerprint density at radius 3 is 2.65 bits per heavy atom. The zero-order valence-corrected chi connectivity index (χ0v) is 11.1. The molecule has 0 aliphatic carbocycles. The minimum atomic E-state index is -0.506. The molecule has 0 aliphatic rings. The molecule has 0 saturated carbocycles. The second-order valence-corrected chi connectivity index (χ2v) is 4.68. The van der Waals surface area contributed by atoms with Gasteiger partial charge in [0, 0.05) is 17.7 Å². The third-order valence-corrected chi connectivity index (χ3v) is 2.89. The van der Waals surface area contributed by atoms with E-state index in [0.29, 0.717) is 11.1 Å². The lowest BCUT2D eigenvalue weighted by molar-refractivity contribution is -0.384. The van der Waals surface area contributed by atoms with E-state index < -0.39 is 4.92 Å². The van der Waals surface area contributed by atoms with E-state index >= 15 is 0 Å². The fourth-order valence-corrected chi connectivity index (χ4v) is 1.96. The Morgan fingerprint density at radius 2 is 2.10 bits per heavy atom. The van der Waals surface area contributed by atoms with Crippen LogP contribution in [0.1, 0.15) is 25.3 Å². The number of nitrogens with one attached hydrogen (secondary N) is 1. The molecule has 0 unspecified atom stereocenters. The average Bonchev–Trinajstić information content (AvgIpc) is 2.37. The lowest BCUT2D eigenvalue weighted by Crippen LogP contribution is -2.19. The Kier molecular flexibility index (Phi) is 3.51. The molecule has 0 atom stereocenters.